The van der Waals surface area contributed by atoms with Crippen LogP contribution in [0.5, 0.6) is 11.5 Å². The number of rotatable bonds is 7. The maximum atomic E-state index is 6.17. The van der Waals surface area contributed by atoms with E-state index >= 15 is 0 Å². The largest absolute Gasteiger partial charge is 0.493 e. The van der Waals surface area contributed by atoms with Gasteiger partial charge in [0.2, 0.25) is 0 Å². The first-order valence-corrected chi connectivity index (χ1v) is 11.6. The van der Waals surface area contributed by atoms with Crippen molar-refractivity contribution < 1.29 is 14.2 Å². The Hall–Kier alpha value is -2.74. The van der Waals surface area contributed by atoms with Crippen LogP contribution in [0.1, 0.15) is 49.8 Å². The predicted octanol–water partition coefficient (Wildman–Crippen LogP) is 3.29. The third kappa shape index (κ3) is 5.54. The van der Waals surface area contributed by atoms with Gasteiger partial charge in [0.1, 0.15) is 6.10 Å². The van der Waals surface area contributed by atoms with E-state index < -0.39 is 0 Å². The fraction of sp³-hybridized carbons (Fsp3) is 0.583. The van der Waals surface area contributed by atoms with Crippen LogP contribution in [0.2, 0.25) is 0 Å². The first-order chi connectivity index (χ1) is 15.7. The van der Waals surface area contributed by atoms with E-state index in [1.165, 1.54) is 12.8 Å². The van der Waals surface area contributed by atoms with Gasteiger partial charge in [0.15, 0.2) is 17.5 Å². The molecule has 32 heavy (non-hydrogen) atoms. The number of aromatic nitrogens is 2. The molecule has 1 aliphatic heterocycles. The minimum atomic E-state index is -0.00609. The molecule has 1 saturated carbocycles. The van der Waals surface area contributed by atoms with Gasteiger partial charge >= 0.3 is 0 Å². The van der Waals surface area contributed by atoms with Crippen molar-refractivity contribution in [3.8, 4) is 11.5 Å². The molecule has 2 aliphatic rings. The first-order valence-electron chi connectivity index (χ1n) is 11.6. The molecule has 0 bridgehead atoms. The normalized spacial score (nSPS) is 19.9. The second kappa shape index (κ2) is 10.7. The number of methoxy groups -OCH3 is 1. The minimum absolute atomic E-state index is 0.00609. The molecule has 2 heterocycles. The van der Waals surface area contributed by atoms with Crippen LogP contribution in [0.25, 0.3) is 0 Å². The summed E-state index contributed by atoms with van der Waals surface area (Å²) in [5.41, 5.74) is 2.18. The van der Waals surface area contributed by atoms with Crippen molar-refractivity contribution in [2.45, 2.75) is 51.4 Å². The maximum absolute atomic E-state index is 6.17. The summed E-state index contributed by atoms with van der Waals surface area (Å²) in [5, 5.41) is 7.71. The van der Waals surface area contributed by atoms with Crippen LogP contribution in [-0.2, 0) is 18.3 Å². The Balaban J connectivity index is 1.44. The Morgan fingerprint density at radius 1 is 1.28 bits per heavy atom. The number of ether oxygens (including phenoxy) is 3. The number of aliphatic imine (C=N–C) groups is 1. The van der Waals surface area contributed by atoms with Gasteiger partial charge in [-0.05, 0) is 50.3 Å². The van der Waals surface area contributed by atoms with Crippen molar-refractivity contribution in [3.05, 3.63) is 41.7 Å². The van der Waals surface area contributed by atoms with Gasteiger partial charge in [-0.1, -0.05) is 6.07 Å². The summed E-state index contributed by atoms with van der Waals surface area (Å²) in [7, 11) is 3.62. The van der Waals surface area contributed by atoms with Crippen LogP contribution in [0.3, 0.4) is 0 Å². The summed E-state index contributed by atoms with van der Waals surface area (Å²) >= 11 is 0. The predicted molar refractivity (Wildman–Crippen MR) is 124 cm³/mol. The van der Waals surface area contributed by atoms with Crippen molar-refractivity contribution in [3.63, 3.8) is 0 Å². The number of morpholine rings is 1. The van der Waals surface area contributed by atoms with Gasteiger partial charge in [0.05, 0.1) is 39.1 Å². The Kier molecular flexibility index (Phi) is 7.52. The quantitative estimate of drug-likeness (QED) is 0.525. The summed E-state index contributed by atoms with van der Waals surface area (Å²) in [6.45, 7) is 5.68. The molecule has 1 aliphatic carbocycles. The standard InChI is InChI=1S/C24H35N5O3/c1-4-25-24(29-11-12-31-23(17-29)19-15-27-28(2)16-19)26-14-18-9-10-21(22(13-18)30-3)32-20-7-5-6-8-20/h9-10,13,15-16,20,23H,4-8,11-12,14,17H2,1-3H3,(H,25,26). The number of guanidine groups is 1. The highest BCUT2D eigenvalue weighted by Gasteiger charge is 2.25. The van der Waals surface area contributed by atoms with E-state index in [9.17, 15) is 0 Å². The van der Waals surface area contributed by atoms with Gasteiger partial charge in [0, 0.05) is 31.9 Å². The number of nitrogens with one attached hydrogen (secondary N) is 1. The minimum Gasteiger partial charge on any atom is -0.493 e. The second-order valence-electron chi connectivity index (χ2n) is 8.43. The number of hydrogen-bond acceptors (Lipinski definition) is 5. The van der Waals surface area contributed by atoms with Crippen molar-refractivity contribution in [1.29, 1.82) is 0 Å². The summed E-state index contributed by atoms with van der Waals surface area (Å²) in [5.74, 6) is 2.50. The van der Waals surface area contributed by atoms with E-state index in [0.29, 0.717) is 19.3 Å². The molecule has 1 aromatic carbocycles. The van der Waals surface area contributed by atoms with E-state index in [-0.39, 0.29) is 6.10 Å². The van der Waals surface area contributed by atoms with E-state index in [2.05, 4.69) is 28.3 Å². The van der Waals surface area contributed by atoms with E-state index in [4.69, 9.17) is 19.2 Å². The van der Waals surface area contributed by atoms with E-state index in [0.717, 1.165) is 61.1 Å². The molecule has 1 N–H and O–H groups in total. The van der Waals surface area contributed by atoms with Crippen LogP contribution < -0.4 is 14.8 Å². The van der Waals surface area contributed by atoms with Crippen LogP contribution in [-0.4, -0.2) is 60.1 Å². The van der Waals surface area contributed by atoms with E-state index in [1.807, 2.05) is 36.3 Å². The monoisotopic (exact) mass is 441 g/mol. The Morgan fingerprint density at radius 3 is 2.84 bits per heavy atom. The topological polar surface area (TPSA) is 73.1 Å². The Labute approximate surface area is 190 Å². The van der Waals surface area contributed by atoms with Gasteiger partial charge in [-0.15, -0.1) is 0 Å². The van der Waals surface area contributed by atoms with Gasteiger partial charge < -0.3 is 24.4 Å². The summed E-state index contributed by atoms with van der Waals surface area (Å²) in [4.78, 5) is 7.17. The lowest BCUT2D eigenvalue weighted by atomic mass is 10.1. The molecule has 0 radical (unpaired) electrons. The van der Waals surface area contributed by atoms with Gasteiger partial charge in [-0.3, -0.25) is 4.68 Å². The van der Waals surface area contributed by atoms with Crippen molar-refractivity contribution in [2.24, 2.45) is 12.0 Å². The zero-order chi connectivity index (χ0) is 22.3. The SMILES string of the molecule is CCNC(=NCc1ccc(OC2CCCC2)c(OC)c1)N1CCOC(c2cnn(C)c2)C1. The lowest BCUT2D eigenvalue weighted by Crippen LogP contribution is -2.48. The van der Waals surface area contributed by atoms with Crippen molar-refractivity contribution in [2.75, 3.05) is 33.4 Å². The van der Waals surface area contributed by atoms with Crippen LogP contribution in [0.4, 0.5) is 0 Å². The number of benzene rings is 1. The molecule has 8 nitrogen and oxygen atoms in total. The maximum Gasteiger partial charge on any atom is 0.194 e. The first kappa shape index (κ1) is 22.5. The average molecular weight is 442 g/mol. The highest BCUT2D eigenvalue weighted by atomic mass is 16.5. The average Bonchev–Trinajstić information content (AvgIpc) is 3.49. The smallest absolute Gasteiger partial charge is 0.194 e. The molecule has 2 aromatic rings. The number of nitrogens with zero attached hydrogens (tertiary/aromatic N) is 4. The molecular formula is C24H35N5O3. The lowest BCUT2D eigenvalue weighted by molar-refractivity contribution is -0.00805. The fourth-order valence-corrected chi connectivity index (χ4v) is 4.34. The van der Waals surface area contributed by atoms with Gasteiger partial charge in [0.25, 0.3) is 0 Å². The molecular weight excluding hydrogens is 406 g/mol. The molecule has 1 aromatic heterocycles. The van der Waals surface area contributed by atoms with Crippen molar-refractivity contribution >= 4 is 5.96 Å². The zero-order valence-corrected chi connectivity index (χ0v) is 19.4. The highest BCUT2D eigenvalue weighted by Crippen LogP contribution is 2.32. The highest BCUT2D eigenvalue weighted by molar-refractivity contribution is 5.80. The molecule has 2 fully saturated rings. The van der Waals surface area contributed by atoms with Crippen LogP contribution in [0.15, 0.2) is 35.6 Å². The molecule has 0 spiro atoms. The van der Waals surface area contributed by atoms with E-state index in [1.54, 1.807) is 7.11 Å². The summed E-state index contributed by atoms with van der Waals surface area (Å²) in [6, 6.07) is 6.13. The van der Waals surface area contributed by atoms with Gasteiger partial charge in [-0.2, -0.15) is 5.10 Å². The second-order valence-corrected chi connectivity index (χ2v) is 8.43. The molecule has 1 unspecified atom stereocenters. The lowest BCUT2D eigenvalue weighted by Gasteiger charge is -2.34. The third-order valence-electron chi connectivity index (χ3n) is 6.03. The molecule has 0 amide bonds. The number of hydrogen-bond donors (Lipinski definition) is 1. The summed E-state index contributed by atoms with van der Waals surface area (Å²) in [6.07, 6.45) is 8.93. The van der Waals surface area contributed by atoms with Crippen LogP contribution >= 0.6 is 0 Å². The molecule has 1 atom stereocenters. The Bertz CT molecular complexity index is 907. The third-order valence-corrected chi connectivity index (χ3v) is 6.03. The number of aryl methyl sites for hydroxylation is 1. The van der Waals surface area contributed by atoms with Gasteiger partial charge in [-0.25, -0.2) is 4.99 Å². The molecule has 1 saturated heterocycles. The fourth-order valence-electron chi connectivity index (χ4n) is 4.34. The molecule has 8 heteroatoms. The van der Waals surface area contributed by atoms with Crippen LogP contribution in [0, 0.1) is 0 Å². The zero-order valence-electron chi connectivity index (χ0n) is 19.4. The molecule has 174 valence electrons. The summed E-state index contributed by atoms with van der Waals surface area (Å²) < 4.78 is 19.6. The van der Waals surface area contributed by atoms with Crippen molar-refractivity contribution in [1.82, 2.24) is 20.0 Å². The Morgan fingerprint density at radius 2 is 2.12 bits per heavy atom. The molecule has 4 rings (SSSR count).